The van der Waals surface area contributed by atoms with Gasteiger partial charge in [0.2, 0.25) is 0 Å². The van der Waals surface area contributed by atoms with Gasteiger partial charge in [0.05, 0.1) is 12.5 Å². The van der Waals surface area contributed by atoms with Gasteiger partial charge in [-0.2, -0.15) is 0 Å². The van der Waals surface area contributed by atoms with Crippen molar-refractivity contribution in [1.82, 2.24) is 0 Å². The van der Waals surface area contributed by atoms with Crippen molar-refractivity contribution in [2.45, 2.75) is 27.2 Å². The summed E-state index contributed by atoms with van der Waals surface area (Å²) < 4.78 is 5.02. The zero-order valence-corrected chi connectivity index (χ0v) is 9.53. The lowest BCUT2D eigenvalue weighted by Gasteiger charge is -2.29. The van der Waals surface area contributed by atoms with Gasteiger partial charge in [-0.3, -0.25) is 4.79 Å². The van der Waals surface area contributed by atoms with Gasteiger partial charge in [0, 0.05) is 5.92 Å². The summed E-state index contributed by atoms with van der Waals surface area (Å²) in [5.41, 5.74) is 0.962. The molecule has 0 aromatic heterocycles. The number of allylic oxidation sites excluding steroid dienone is 1. The molecule has 84 valence electrons. The molecule has 0 aromatic carbocycles. The summed E-state index contributed by atoms with van der Waals surface area (Å²) in [6.45, 7) is 6.10. The van der Waals surface area contributed by atoms with E-state index in [2.05, 4.69) is 0 Å². The lowest BCUT2D eigenvalue weighted by molar-refractivity contribution is -0.148. The van der Waals surface area contributed by atoms with Crippen LogP contribution in [-0.4, -0.2) is 18.9 Å². The highest BCUT2D eigenvalue weighted by atomic mass is 16.5. The summed E-state index contributed by atoms with van der Waals surface area (Å²) in [5.74, 6) is -0.181. The fourth-order valence-electron chi connectivity index (χ4n) is 2.27. The van der Waals surface area contributed by atoms with Crippen molar-refractivity contribution in [3.05, 3.63) is 11.6 Å². The second-order valence-electron chi connectivity index (χ2n) is 4.15. The van der Waals surface area contributed by atoms with Crippen molar-refractivity contribution in [2.24, 2.45) is 17.8 Å². The predicted octanol–water partition coefficient (Wildman–Crippen LogP) is 1.97. The first kappa shape index (κ1) is 12.0. The van der Waals surface area contributed by atoms with Crippen LogP contribution in [0.1, 0.15) is 27.2 Å². The van der Waals surface area contributed by atoms with E-state index < -0.39 is 0 Å². The average Bonchev–Trinajstić information content (AvgIpc) is 2.16. The highest BCUT2D eigenvalue weighted by Crippen LogP contribution is 2.33. The molecule has 0 radical (unpaired) electrons. The zero-order valence-electron chi connectivity index (χ0n) is 9.53. The molecule has 0 fully saturated rings. The van der Waals surface area contributed by atoms with Crippen LogP contribution in [-0.2, 0) is 14.3 Å². The Bertz CT molecular complexity index is 281. The number of hydrogen-bond donors (Lipinski definition) is 0. The van der Waals surface area contributed by atoms with Gasteiger partial charge in [0.25, 0.3) is 0 Å². The third kappa shape index (κ3) is 2.67. The van der Waals surface area contributed by atoms with Crippen molar-refractivity contribution in [1.29, 1.82) is 0 Å². The lowest BCUT2D eigenvalue weighted by Crippen LogP contribution is -2.30. The largest absolute Gasteiger partial charge is 0.466 e. The average molecular weight is 210 g/mol. The fourth-order valence-corrected chi connectivity index (χ4v) is 2.27. The Morgan fingerprint density at radius 1 is 1.67 bits per heavy atom. The van der Waals surface area contributed by atoms with Gasteiger partial charge in [-0.05, 0) is 26.2 Å². The van der Waals surface area contributed by atoms with Crippen LogP contribution in [0, 0.1) is 17.8 Å². The summed E-state index contributed by atoms with van der Waals surface area (Å²) in [6, 6.07) is 0. The molecule has 1 rings (SSSR count). The molecule has 3 unspecified atom stereocenters. The van der Waals surface area contributed by atoms with Crippen LogP contribution in [0.4, 0.5) is 0 Å². The molecule has 0 aromatic rings. The minimum atomic E-state index is -0.166. The lowest BCUT2D eigenvalue weighted by atomic mass is 9.76. The van der Waals surface area contributed by atoms with E-state index in [1.165, 1.54) is 0 Å². The van der Waals surface area contributed by atoms with Crippen molar-refractivity contribution >= 4 is 12.3 Å². The summed E-state index contributed by atoms with van der Waals surface area (Å²) >= 11 is 0. The molecule has 1 aliphatic carbocycles. The van der Waals surface area contributed by atoms with Crippen molar-refractivity contribution in [2.75, 3.05) is 6.61 Å². The monoisotopic (exact) mass is 210 g/mol. The number of esters is 1. The topological polar surface area (TPSA) is 43.4 Å². The third-order valence-electron chi connectivity index (χ3n) is 2.90. The SMILES string of the molecule is CCOC(=O)C1C(C)=CC(C=O)CC1C. The molecule has 0 spiro atoms. The molecule has 0 amide bonds. The molecule has 3 heteroatoms. The first-order chi connectivity index (χ1) is 7.10. The molecule has 0 bridgehead atoms. The smallest absolute Gasteiger partial charge is 0.313 e. The van der Waals surface area contributed by atoms with E-state index in [4.69, 9.17) is 4.74 Å². The Kier molecular flexibility index (Phi) is 4.06. The Morgan fingerprint density at radius 2 is 2.33 bits per heavy atom. The molecular formula is C12H18O3. The van der Waals surface area contributed by atoms with E-state index in [0.29, 0.717) is 6.61 Å². The minimum absolute atomic E-state index is 0.0364. The molecule has 1 aliphatic rings. The Morgan fingerprint density at radius 3 is 2.80 bits per heavy atom. The van der Waals surface area contributed by atoms with Crippen LogP contribution in [0.3, 0.4) is 0 Å². The van der Waals surface area contributed by atoms with E-state index in [9.17, 15) is 9.59 Å². The molecule has 0 saturated carbocycles. The van der Waals surface area contributed by atoms with Gasteiger partial charge in [0.15, 0.2) is 0 Å². The summed E-state index contributed by atoms with van der Waals surface area (Å²) in [4.78, 5) is 22.4. The highest BCUT2D eigenvalue weighted by molar-refractivity contribution is 5.77. The van der Waals surface area contributed by atoms with Crippen molar-refractivity contribution < 1.29 is 14.3 Å². The first-order valence-corrected chi connectivity index (χ1v) is 5.40. The van der Waals surface area contributed by atoms with Crippen LogP contribution in [0.5, 0.6) is 0 Å². The maximum Gasteiger partial charge on any atom is 0.313 e. The maximum absolute atomic E-state index is 11.7. The number of aldehydes is 1. The molecular weight excluding hydrogens is 192 g/mol. The van der Waals surface area contributed by atoms with Crippen molar-refractivity contribution in [3.63, 3.8) is 0 Å². The second kappa shape index (κ2) is 5.10. The Hall–Kier alpha value is -1.12. The molecule has 0 N–H and O–H groups in total. The maximum atomic E-state index is 11.7. The van der Waals surface area contributed by atoms with Crippen LogP contribution in [0.2, 0.25) is 0 Å². The van der Waals surface area contributed by atoms with Crippen LogP contribution < -0.4 is 0 Å². The van der Waals surface area contributed by atoms with Gasteiger partial charge in [-0.25, -0.2) is 0 Å². The number of hydrogen-bond acceptors (Lipinski definition) is 3. The summed E-state index contributed by atoms with van der Waals surface area (Å²) in [7, 11) is 0. The van der Waals surface area contributed by atoms with E-state index >= 15 is 0 Å². The highest BCUT2D eigenvalue weighted by Gasteiger charge is 2.33. The number of ether oxygens (including phenoxy) is 1. The van der Waals surface area contributed by atoms with Gasteiger partial charge in [0.1, 0.15) is 6.29 Å². The van der Waals surface area contributed by atoms with Gasteiger partial charge in [-0.1, -0.05) is 18.6 Å². The number of carbonyl (C=O) groups is 2. The molecule has 3 nitrogen and oxygen atoms in total. The molecule has 0 saturated heterocycles. The van der Waals surface area contributed by atoms with Crippen LogP contribution in [0.25, 0.3) is 0 Å². The van der Waals surface area contributed by atoms with E-state index in [0.717, 1.165) is 18.3 Å². The number of rotatable bonds is 3. The standard InChI is InChI=1S/C12H18O3/c1-4-15-12(14)11-8(2)5-10(7-13)6-9(11)3/h5,7,9-11H,4,6H2,1-3H3. The van der Waals surface area contributed by atoms with E-state index in [1.54, 1.807) is 6.92 Å². The van der Waals surface area contributed by atoms with Gasteiger partial charge < -0.3 is 9.53 Å². The summed E-state index contributed by atoms with van der Waals surface area (Å²) in [5, 5.41) is 0. The minimum Gasteiger partial charge on any atom is -0.466 e. The second-order valence-corrected chi connectivity index (χ2v) is 4.15. The Labute approximate surface area is 90.5 Å². The quantitative estimate of drug-likeness (QED) is 0.406. The Balaban J connectivity index is 2.81. The van der Waals surface area contributed by atoms with Crippen LogP contribution in [0.15, 0.2) is 11.6 Å². The van der Waals surface area contributed by atoms with Gasteiger partial charge in [-0.15, -0.1) is 0 Å². The third-order valence-corrected chi connectivity index (χ3v) is 2.90. The van der Waals surface area contributed by atoms with E-state index in [1.807, 2.05) is 19.9 Å². The molecule has 0 heterocycles. The zero-order chi connectivity index (χ0) is 11.4. The molecule has 15 heavy (non-hydrogen) atoms. The van der Waals surface area contributed by atoms with Crippen LogP contribution >= 0.6 is 0 Å². The van der Waals surface area contributed by atoms with E-state index in [-0.39, 0.29) is 23.7 Å². The normalized spacial score (nSPS) is 30.6. The first-order valence-electron chi connectivity index (χ1n) is 5.40. The predicted molar refractivity (Wildman–Crippen MR) is 57.2 cm³/mol. The molecule has 3 atom stereocenters. The number of carbonyl (C=O) groups excluding carboxylic acids is 2. The van der Waals surface area contributed by atoms with Gasteiger partial charge >= 0.3 is 5.97 Å². The van der Waals surface area contributed by atoms with Crippen molar-refractivity contribution in [3.8, 4) is 0 Å². The molecule has 0 aliphatic heterocycles. The summed E-state index contributed by atoms with van der Waals surface area (Å²) in [6.07, 6.45) is 3.57. The fraction of sp³-hybridized carbons (Fsp3) is 0.667.